The van der Waals surface area contributed by atoms with E-state index in [1.807, 2.05) is 0 Å². The number of carbonyl (C=O) groups is 2. The molecule has 2 N–H and O–H groups in total. The number of morpholine rings is 1. The Morgan fingerprint density at radius 1 is 1.25 bits per heavy atom. The maximum atomic E-state index is 14.2. The van der Waals surface area contributed by atoms with Crippen LogP contribution < -0.4 is 5.32 Å². The molecule has 0 radical (unpaired) electrons. The fraction of sp³-hybridized carbons (Fsp3) is 0.417. The summed E-state index contributed by atoms with van der Waals surface area (Å²) >= 11 is 1.34. The van der Waals surface area contributed by atoms with Gasteiger partial charge in [0.2, 0.25) is 0 Å². The van der Waals surface area contributed by atoms with Crippen molar-refractivity contribution in [3.05, 3.63) is 63.3 Å². The van der Waals surface area contributed by atoms with Crippen molar-refractivity contribution in [1.82, 2.24) is 15.2 Å². The number of aromatic nitrogens is 1. The number of ether oxygens (including phenoxy) is 2. The van der Waals surface area contributed by atoms with Crippen LogP contribution >= 0.6 is 11.3 Å². The van der Waals surface area contributed by atoms with Crippen LogP contribution in [0, 0.1) is 17.6 Å². The van der Waals surface area contributed by atoms with Crippen LogP contribution in [0.2, 0.25) is 0 Å². The summed E-state index contributed by atoms with van der Waals surface area (Å²) in [5, 5.41) is 15.1. The Morgan fingerprint density at radius 3 is 2.61 bits per heavy atom. The fourth-order valence-electron chi connectivity index (χ4n) is 5.08. The molecule has 5 rings (SSSR count). The Labute approximate surface area is 209 Å². The molecule has 0 spiro atoms. The highest BCUT2D eigenvalue weighted by Gasteiger charge is 2.43. The third-order valence-corrected chi connectivity index (χ3v) is 7.57. The molecule has 0 aliphatic carbocycles. The van der Waals surface area contributed by atoms with Crippen LogP contribution in [0.3, 0.4) is 0 Å². The van der Waals surface area contributed by atoms with E-state index in [1.54, 1.807) is 11.6 Å². The van der Waals surface area contributed by atoms with E-state index >= 15 is 0 Å². The second-order valence-corrected chi connectivity index (χ2v) is 9.82. The van der Waals surface area contributed by atoms with Crippen LogP contribution in [0.25, 0.3) is 0 Å². The Balaban J connectivity index is 1.57. The lowest BCUT2D eigenvalue weighted by molar-refractivity contribution is -0.150. The first-order chi connectivity index (χ1) is 17.4. The Kier molecular flexibility index (Phi) is 6.82. The number of amidine groups is 1. The normalized spacial score (nSPS) is 26.2. The number of rotatable bonds is 6. The SMILES string of the molecule is COC(=O)C1=C(CN2C3COCC2CC(C(=O)O)C3)NC(c2nccs2)=N[C@H]1c1ccc(F)c(F)c1. The predicted octanol–water partition coefficient (Wildman–Crippen LogP) is 2.50. The molecule has 4 heterocycles. The summed E-state index contributed by atoms with van der Waals surface area (Å²) in [6.07, 6.45) is 2.47. The summed E-state index contributed by atoms with van der Waals surface area (Å²) in [5.41, 5.74) is 0.945. The van der Waals surface area contributed by atoms with Crippen LogP contribution in [0.4, 0.5) is 8.78 Å². The van der Waals surface area contributed by atoms with Crippen molar-refractivity contribution in [1.29, 1.82) is 0 Å². The van der Waals surface area contributed by atoms with Gasteiger partial charge in [-0.25, -0.2) is 18.6 Å². The molecule has 2 saturated heterocycles. The number of nitrogens with one attached hydrogen (secondary N) is 1. The minimum atomic E-state index is -1.05. The number of methoxy groups -OCH3 is 1. The summed E-state index contributed by atoms with van der Waals surface area (Å²) in [6.45, 7) is 1.02. The summed E-state index contributed by atoms with van der Waals surface area (Å²) in [4.78, 5) is 35.8. The molecular weight excluding hydrogens is 494 g/mol. The smallest absolute Gasteiger partial charge is 0.338 e. The van der Waals surface area contributed by atoms with Crippen LogP contribution in [0.5, 0.6) is 0 Å². The van der Waals surface area contributed by atoms with Crippen molar-refractivity contribution < 1.29 is 33.0 Å². The van der Waals surface area contributed by atoms with E-state index in [0.717, 1.165) is 12.1 Å². The van der Waals surface area contributed by atoms with Crippen LogP contribution in [0.15, 0.2) is 46.0 Å². The van der Waals surface area contributed by atoms with Crippen LogP contribution in [0.1, 0.15) is 29.5 Å². The standard InChI is InChI=1S/C24H24F2N4O5S/c1-34-24(33)19-18(9-30-14-6-13(23(31)32)7-15(30)11-35-10-14)28-21(22-27-4-5-36-22)29-20(19)12-2-3-16(25)17(26)8-12/h2-5,8,13-15,20H,6-7,9-11H2,1H3,(H,28,29)(H,31,32)/t13?,14?,15?,20-/m0/s1. The molecule has 2 aromatic rings. The van der Waals surface area contributed by atoms with Gasteiger partial charge in [0.05, 0.1) is 31.8 Å². The fourth-order valence-corrected chi connectivity index (χ4v) is 5.66. The van der Waals surface area contributed by atoms with E-state index in [1.165, 1.54) is 24.5 Å². The van der Waals surface area contributed by atoms with Gasteiger partial charge < -0.3 is 19.9 Å². The average molecular weight is 519 g/mol. The Bertz CT molecular complexity index is 1220. The van der Waals surface area contributed by atoms with E-state index in [4.69, 9.17) is 9.47 Å². The first-order valence-electron chi connectivity index (χ1n) is 11.4. The van der Waals surface area contributed by atoms with E-state index in [9.17, 15) is 23.5 Å². The summed E-state index contributed by atoms with van der Waals surface area (Å²) < 4.78 is 38.7. The van der Waals surface area contributed by atoms with Gasteiger partial charge in [-0.15, -0.1) is 11.3 Å². The minimum Gasteiger partial charge on any atom is -0.481 e. The maximum Gasteiger partial charge on any atom is 0.338 e. The third-order valence-electron chi connectivity index (χ3n) is 6.79. The number of hydrogen-bond donors (Lipinski definition) is 2. The lowest BCUT2D eigenvalue weighted by Gasteiger charge is -2.48. The maximum absolute atomic E-state index is 14.2. The lowest BCUT2D eigenvalue weighted by Crippen LogP contribution is -2.59. The predicted molar refractivity (Wildman–Crippen MR) is 125 cm³/mol. The number of thiazole rings is 1. The number of hydrogen-bond acceptors (Lipinski definition) is 9. The Morgan fingerprint density at radius 2 is 2.00 bits per heavy atom. The second kappa shape index (κ2) is 10.0. The summed E-state index contributed by atoms with van der Waals surface area (Å²) in [5.74, 6) is -3.61. The number of carboxylic acids is 1. The van der Waals surface area contributed by atoms with Crippen molar-refractivity contribution in [2.24, 2.45) is 10.9 Å². The second-order valence-electron chi connectivity index (χ2n) is 8.92. The van der Waals surface area contributed by atoms with Gasteiger partial charge in [0.25, 0.3) is 0 Å². The van der Waals surface area contributed by atoms with Gasteiger partial charge >= 0.3 is 11.9 Å². The van der Waals surface area contributed by atoms with Crippen LogP contribution in [-0.4, -0.2) is 71.7 Å². The molecule has 12 heteroatoms. The molecule has 2 fully saturated rings. The molecule has 190 valence electrons. The number of halogens is 2. The van der Waals surface area contributed by atoms with Crippen molar-refractivity contribution in [2.75, 3.05) is 26.9 Å². The number of piperidine rings is 1. The van der Waals surface area contributed by atoms with Crippen molar-refractivity contribution >= 4 is 29.1 Å². The van der Waals surface area contributed by atoms with E-state index in [-0.39, 0.29) is 29.8 Å². The Hall–Kier alpha value is -3.22. The molecule has 3 atom stereocenters. The largest absolute Gasteiger partial charge is 0.481 e. The zero-order valence-corrected chi connectivity index (χ0v) is 20.1. The molecule has 36 heavy (non-hydrogen) atoms. The quantitative estimate of drug-likeness (QED) is 0.561. The molecule has 2 bridgehead atoms. The number of aliphatic carboxylic acids is 1. The molecule has 3 aliphatic heterocycles. The lowest BCUT2D eigenvalue weighted by atomic mass is 9.84. The summed E-state index contributed by atoms with van der Waals surface area (Å²) in [6, 6.07) is 2.13. The van der Waals surface area contributed by atoms with Gasteiger partial charge in [-0.1, -0.05) is 6.07 Å². The van der Waals surface area contributed by atoms with E-state index < -0.39 is 35.5 Å². The van der Waals surface area contributed by atoms with Crippen LogP contribution in [-0.2, 0) is 19.1 Å². The molecule has 3 aliphatic rings. The molecule has 1 aromatic heterocycles. The molecular formula is C24H24F2N4O5S. The number of aliphatic imine (C=N–C) groups is 1. The first kappa shape index (κ1) is 24.5. The topological polar surface area (TPSA) is 113 Å². The number of esters is 1. The van der Waals surface area contributed by atoms with Gasteiger partial charge in [-0.3, -0.25) is 14.7 Å². The van der Waals surface area contributed by atoms with Crippen molar-refractivity contribution in [3.63, 3.8) is 0 Å². The van der Waals surface area contributed by atoms with E-state index in [2.05, 4.69) is 20.2 Å². The zero-order chi connectivity index (χ0) is 25.4. The molecule has 2 unspecified atom stereocenters. The monoisotopic (exact) mass is 518 g/mol. The van der Waals surface area contributed by atoms with Gasteiger partial charge in [-0.2, -0.15) is 0 Å². The van der Waals surface area contributed by atoms with Gasteiger partial charge in [0.15, 0.2) is 22.5 Å². The van der Waals surface area contributed by atoms with Gasteiger partial charge in [0, 0.05) is 35.9 Å². The minimum absolute atomic E-state index is 0.157. The van der Waals surface area contributed by atoms with E-state index in [0.29, 0.717) is 42.6 Å². The molecule has 9 nitrogen and oxygen atoms in total. The number of carboxylic acid groups (broad SMARTS) is 1. The number of nitrogens with zero attached hydrogens (tertiary/aromatic N) is 3. The molecule has 0 saturated carbocycles. The van der Waals surface area contributed by atoms with Crippen molar-refractivity contribution in [3.8, 4) is 0 Å². The summed E-state index contributed by atoms with van der Waals surface area (Å²) in [7, 11) is 1.25. The number of benzene rings is 1. The van der Waals surface area contributed by atoms with Gasteiger partial charge in [0.1, 0.15) is 6.04 Å². The number of fused-ring (bicyclic) bond motifs is 2. The third kappa shape index (κ3) is 4.63. The van der Waals surface area contributed by atoms with Crippen molar-refractivity contribution in [2.45, 2.75) is 31.0 Å². The zero-order valence-electron chi connectivity index (χ0n) is 19.3. The van der Waals surface area contributed by atoms with Gasteiger partial charge in [-0.05, 0) is 30.5 Å². The number of carbonyl (C=O) groups excluding carboxylic acids is 1. The first-order valence-corrected chi connectivity index (χ1v) is 12.3. The highest BCUT2D eigenvalue weighted by atomic mass is 32.1. The molecule has 1 aromatic carbocycles. The average Bonchev–Trinajstić information content (AvgIpc) is 3.39. The highest BCUT2D eigenvalue weighted by Crippen LogP contribution is 2.36. The molecule has 0 amide bonds. The highest BCUT2D eigenvalue weighted by molar-refractivity contribution is 7.11.